The molecule has 0 amide bonds. The second-order valence-corrected chi connectivity index (χ2v) is 13.4. The normalized spacial score (nSPS) is 17.9. The van der Waals surface area contributed by atoms with Crippen molar-refractivity contribution < 1.29 is 46.7 Å². The molecule has 2 N–H and O–H groups in total. The first-order valence-corrected chi connectivity index (χ1v) is 16.1. The Hall–Kier alpha value is -3.03. The number of rotatable bonds is 12. The number of pyridine rings is 1. The Bertz CT molecular complexity index is 1530. The predicted molar refractivity (Wildman–Crippen MR) is 157 cm³/mol. The lowest BCUT2D eigenvalue weighted by atomic mass is 9.98. The molecular weight excluding hydrogens is 641 g/mol. The van der Waals surface area contributed by atoms with Gasteiger partial charge in [0.05, 0.1) is 17.4 Å². The number of sulfonamides is 1. The third-order valence-corrected chi connectivity index (χ3v) is 10.0. The van der Waals surface area contributed by atoms with Gasteiger partial charge in [-0.05, 0) is 61.4 Å². The Balaban J connectivity index is 0.00000442. The molecule has 2 aliphatic rings. The standard InChI is InChI=1S/C30H30Cl2F2N2O6S.H2O/c31-24-15-35-16-25(32)23(24)14-27(20-10-11-26(42-30(33)34)28(13-20)40-18-19-8-9-19)41-29(37)21-5-4-12-36(17-21)43(38,39)22-6-2-1-3-7-22;/h1-3,6-7,10-11,13,15-16,19,21,27,30H,4-5,8-9,12,14,17-18H2;1H2/t21-,27+;/m1./s1. The highest BCUT2D eigenvalue weighted by atomic mass is 35.5. The van der Waals surface area contributed by atoms with Crippen LogP contribution >= 0.6 is 23.2 Å². The zero-order chi connectivity index (χ0) is 30.6. The molecule has 9 nitrogen and oxygen atoms in total. The second-order valence-electron chi connectivity index (χ2n) is 10.6. The largest absolute Gasteiger partial charge is 0.870 e. The van der Waals surface area contributed by atoms with Crippen molar-refractivity contribution in [2.24, 2.45) is 11.8 Å². The van der Waals surface area contributed by atoms with Crippen molar-refractivity contribution in [3.63, 3.8) is 0 Å². The topological polar surface area (TPSA) is 126 Å². The molecule has 0 radical (unpaired) electrons. The first-order valence-electron chi connectivity index (χ1n) is 13.9. The number of alkyl halides is 2. The highest BCUT2D eigenvalue weighted by Gasteiger charge is 2.35. The van der Waals surface area contributed by atoms with Gasteiger partial charge >= 0.3 is 12.6 Å². The second kappa shape index (κ2) is 14.8. The minimum atomic E-state index is -3.80. The van der Waals surface area contributed by atoms with Crippen molar-refractivity contribution in [1.82, 2.24) is 4.31 Å². The number of benzene rings is 2. The van der Waals surface area contributed by atoms with E-state index in [0.29, 0.717) is 46.5 Å². The van der Waals surface area contributed by atoms with Gasteiger partial charge in [0.1, 0.15) is 16.1 Å². The molecule has 238 valence electrons. The van der Waals surface area contributed by atoms with Crippen molar-refractivity contribution in [2.75, 3.05) is 19.7 Å². The highest BCUT2D eigenvalue weighted by Crippen LogP contribution is 2.38. The fraction of sp³-hybridized carbons (Fsp3) is 0.400. The summed E-state index contributed by atoms with van der Waals surface area (Å²) in [5.74, 6) is -1.01. The quantitative estimate of drug-likeness (QED) is 0.218. The van der Waals surface area contributed by atoms with Crippen LogP contribution in [0.5, 0.6) is 11.5 Å². The van der Waals surface area contributed by atoms with Crippen LogP contribution in [0.1, 0.15) is 42.9 Å². The number of hydrogen-bond acceptors (Lipinski definition) is 7. The van der Waals surface area contributed by atoms with Crippen LogP contribution in [0, 0.1) is 11.8 Å². The molecule has 2 heterocycles. The molecule has 3 aromatic rings. The van der Waals surface area contributed by atoms with Gasteiger partial charge in [0.25, 0.3) is 0 Å². The predicted octanol–water partition coefficient (Wildman–Crippen LogP) is 5.95. The van der Waals surface area contributed by atoms with Gasteiger partial charge in [0, 0.05) is 25.1 Å². The maximum atomic E-state index is 13.6. The SMILES string of the molecule is O=C(O[C@@H](Cc1c(Cl)c[nH+]cc1Cl)c1ccc(OC(F)F)c(OCC2CC2)c1)[C@@H]1CCCN(S(=O)(=O)c2ccccc2)C1.[OH-]. The van der Waals surface area contributed by atoms with E-state index < -0.39 is 34.6 Å². The van der Waals surface area contributed by atoms with Gasteiger partial charge in [0.15, 0.2) is 23.9 Å². The van der Waals surface area contributed by atoms with Gasteiger partial charge in [0.2, 0.25) is 10.0 Å². The monoisotopic (exact) mass is 672 g/mol. The molecule has 5 rings (SSSR count). The summed E-state index contributed by atoms with van der Waals surface area (Å²) in [6, 6.07) is 12.4. The van der Waals surface area contributed by atoms with E-state index in [-0.39, 0.29) is 41.4 Å². The van der Waals surface area contributed by atoms with Gasteiger partial charge in [-0.3, -0.25) is 4.79 Å². The molecule has 0 bridgehead atoms. The molecule has 1 aliphatic carbocycles. The maximum Gasteiger partial charge on any atom is 0.387 e. The van der Waals surface area contributed by atoms with Crippen molar-refractivity contribution in [2.45, 2.75) is 49.7 Å². The van der Waals surface area contributed by atoms with E-state index in [4.69, 9.17) is 32.7 Å². The molecule has 1 aromatic heterocycles. The molecule has 0 unspecified atom stereocenters. The molecule has 0 spiro atoms. The lowest BCUT2D eigenvalue weighted by Crippen LogP contribution is -2.43. The highest BCUT2D eigenvalue weighted by molar-refractivity contribution is 7.89. The Labute approximate surface area is 264 Å². The third kappa shape index (κ3) is 8.36. The number of nitrogens with zero attached hydrogens (tertiary/aromatic N) is 1. The fourth-order valence-corrected chi connectivity index (χ4v) is 7.02. The molecule has 2 aromatic carbocycles. The Morgan fingerprint density at radius 2 is 1.73 bits per heavy atom. The van der Waals surface area contributed by atoms with E-state index in [9.17, 15) is 22.0 Å². The van der Waals surface area contributed by atoms with Crippen molar-refractivity contribution in [3.8, 4) is 11.5 Å². The van der Waals surface area contributed by atoms with Crippen LogP contribution in [0.25, 0.3) is 0 Å². The summed E-state index contributed by atoms with van der Waals surface area (Å²) in [6.45, 7) is -2.47. The van der Waals surface area contributed by atoms with E-state index in [2.05, 4.69) is 9.72 Å². The number of esters is 1. The number of piperidine rings is 1. The number of ether oxygens (including phenoxy) is 3. The van der Waals surface area contributed by atoms with E-state index in [1.807, 2.05) is 0 Å². The Kier molecular flexibility index (Phi) is 11.4. The molecule has 1 saturated heterocycles. The van der Waals surface area contributed by atoms with Crippen LogP contribution in [0.4, 0.5) is 8.78 Å². The van der Waals surface area contributed by atoms with Crippen LogP contribution in [-0.4, -0.2) is 50.5 Å². The van der Waals surface area contributed by atoms with Crippen molar-refractivity contribution in [3.05, 3.63) is 82.1 Å². The number of carbonyl (C=O) groups is 1. The molecule has 44 heavy (non-hydrogen) atoms. The minimum Gasteiger partial charge on any atom is -0.870 e. The Morgan fingerprint density at radius 3 is 2.39 bits per heavy atom. The van der Waals surface area contributed by atoms with Gasteiger partial charge < -0.3 is 19.7 Å². The van der Waals surface area contributed by atoms with Crippen molar-refractivity contribution >= 4 is 39.2 Å². The van der Waals surface area contributed by atoms with Crippen LogP contribution in [0.2, 0.25) is 10.0 Å². The summed E-state index contributed by atoms with van der Waals surface area (Å²) in [7, 11) is -3.80. The van der Waals surface area contributed by atoms with Gasteiger partial charge in [-0.2, -0.15) is 13.1 Å². The number of halogens is 4. The fourth-order valence-electron chi connectivity index (χ4n) is 4.94. The van der Waals surface area contributed by atoms with E-state index in [1.54, 1.807) is 30.6 Å². The average molecular weight is 674 g/mol. The van der Waals surface area contributed by atoms with Crippen molar-refractivity contribution in [1.29, 1.82) is 0 Å². The van der Waals surface area contributed by atoms with Crippen LogP contribution in [-0.2, 0) is 26.0 Å². The smallest absolute Gasteiger partial charge is 0.387 e. The number of hydrogen-bond donors (Lipinski definition) is 0. The van der Waals surface area contributed by atoms with Crippen LogP contribution in [0.3, 0.4) is 0 Å². The molecule has 2 fully saturated rings. The molecule has 2 atom stereocenters. The molecular formula is C30H32Cl2F2N2O7S. The zero-order valence-corrected chi connectivity index (χ0v) is 25.8. The van der Waals surface area contributed by atoms with Crippen LogP contribution < -0.4 is 14.5 Å². The first-order chi connectivity index (χ1) is 20.6. The summed E-state index contributed by atoms with van der Waals surface area (Å²) in [5, 5.41) is 0.628. The summed E-state index contributed by atoms with van der Waals surface area (Å²) >= 11 is 12.8. The number of H-pyrrole nitrogens is 1. The van der Waals surface area contributed by atoms with Crippen LogP contribution in [0.15, 0.2) is 65.8 Å². The number of nitrogens with one attached hydrogen (secondary N) is 1. The lowest BCUT2D eigenvalue weighted by Gasteiger charge is -2.32. The molecule has 1 saturated carbocycles. The summed E-state index contributed by atoms with van der Waals surface area (Å²) < 4.78 is 70.6. The molecule has 14 heteroatoms. The number of aromatic amines is 1. The first kappa shape index (κ1) is 33.9. The molecule has 1 aliphatic heterocycles. The van der Waals surface area contributed by atoms with Gasteiger partial charge in [-0.15, -0.1) is 0 Å². The van der Waals surface area contributed by atoms with E-state index >= 15 is 0 Å². The summed E-state index contributed by atoms with van der Waals surface area (Å²) in [5.41, 5.74) is 0.954. The summed E-state index contributed by atoms with van der Waals surface area (Å²) in [4.78, 5) is 16.6. The van der Waals surface area contributed by atoms with Gasteiger partial charge in [-0.1, -0.05) is 47.5 Å². The summed E-state index contributed by atoms with van der Waals surface area (Å²) in [6.07, 6.45) is 5.09. The van der Waals surface area contributed by atoms with E-state index in [0.717, 1.165) is 12.8 Å². The number of aromatic nitrogens is 1. The average Bonchev–Trinajstić information content (AvgIpc) is 3.83. The third-order valence-electron chi connectivity index (χ3n) is 7.47. The minimum absolute atomic E-state index is 0. The zero-order valence-electron chi connectivity index (χ0n) is 23.5. The Morgan fingerprint density at radius 1 is 1.02 bits per heavy atom. The van der Waals surface area contributed by atoms with E-state index in [1.165, 1.54) is 34.6 Å². The maximum absolute atomic E-state index is 13.6. The number of carbonyl (C=O) groups excluding carboxylic acids is 1. The van der Waals surface area contributed by atoms with Gasteiger partial charge in [-0.25, -0.2) is 13.4 Å². The lowest BCUT2D eigenvalue weighted by molar-refractivity contribution is -0.377.